The fourth-order valence-electron chi connectivity index (χ4n) is 4.13. The van der Waals surface area contributed by atoms with Crippen molar-refractivity contribution in [2.75, 3.05) is 11.4 Å². The van der Waals surface area contributed by atoms with E-state index >= 15 is 0 Å². The van der Waals surface area contributed by atoms with Crippen molar-refractivity contribution < 1.29 is 4.79 Å². The number of anilines is 1. The molecule has 0 saturated heterocycles. The number of thiophene rings is 1. The van der Waals surface area contributed by atoms with Crippen molar-refractivity contribution in [1.82, 2.24) is 0 Å². The third-order valence-electron chi connectivity index (χ3n) is 6.23. The lowest BCUT2D eigenvalue weighted by atomic mass is 9.99. The smallest absolute Gasteiger partial charge is 0.231 e. The van der Waals surface area contributed by atoms with Crippen LogP contribution in [0.25, 0.3) is 0 Å². The molecule has 0 spiro atoms. The summed E-state index contributed by atoms with van der Waals surface area (Å²) in [6.07, 6.45) is 6.02. The molecule has 3 rings (SSSR count). The van der Waals surface area contributed by atoms with E-state index in [0.717, 1.165) is 13.0 Å². The molecule has 0 aliphatic heterocycles. The number of carbonyl (C=O) groups is 1. The number of rotatable bonds is 4. The highest BCUT2D eigenvalue weighted by molar-refractivity contribution is 7.16. The molecule has 3 heteroatoms. The average Bonchev–Trinajstić information content (AvgIpc) is 2.78. The van der Waals surface area contributed by atoms with Crippen LogP contribution in [-0.2, 0) is 17.6 Å². The van der Waals surface area contributed by atoms with Crippen LogP contribution in [-0.4, -0.2) is 12.5 Å². The summed E-state index contributed by atoms with van der Waals surface area (Å²) in [6, 6.07) is 2.30. The largest absolute Gasteiger partial charge is 0.304 e. The first-order valence-electron chi connectivity index (χ1n) is 8.73. The van der Waals surface area contributed by atoms with Gasteiger partial charge in [0, 0.05) is 17.3 Å². The molecule has 22 heavy (non-hydrogen) atoms. The first kappa shape index (κ1) is 16.0. The Hall–Kier alpha value is -0.830. The summed E-state index contributed by atoms with van der Waals surface area (Å²) in [5.41, 5.74) is 1.73. The number of amides is 1. The van der Waals surface area contributed by atoms with E-state index in [1.807, 2.05) is 11.3 Å². The summed E-state index contributed by atoms with van der Waals surface area (Å²) in [4.78, 5) is 16.8. The molecule has 0 N–H and O–H groups in total. The lowest BCUT2D eigenvalue weighted by Gasteiger charge is -2.21. The van der Waals surface area contributed by atoms with Crippen molar-refractivity contribution in [3.8, 4) is 0 Å². The van der Waals surface area contributed by atoms with Crippen LogP contribution >= 0.6 is 11.3 Å². The molecule has 0 unspecified atom stereocenters. The molecule has 1 aromatic rings. The van der Waals surface area contributed by atoms with E-state index in [1.165, 1.54) is 41.1 Å². The lowest BCUT2D eigenvalue weighted by Crippen LogP contribution is -2.34. The van der Waals surface area contributed by atoms with Gasteiger partial charge in [0.1, 0.15) is 0 Å². The maximum atomic E-state index is 13.2. The van der Waals surface area contributed by atoms with Gasteiger partial charge >= 0.3 is 0 Å². The predicted octanol–water partition coefficient (Wildman–Crippen LogP) is 5.05. The molecule has 1 fully saturated rings. The minimum atomic E-state index is 0.118. The Morgan fingerprint density at radius 2 is 1.86 bits per heavy atom. The molecular formula is C19H29NOS. The molecule has 2 aliphatic rings. The topological polar surface area (TPSA) is 20.3 Å². The summed E-state index contributed by atoms with van der Waals surface area (Å²) in [7, 11) is 0. The fourth-order valence-corrected chi connectivity index (χ4v) is 5.41. The van der Waals surface area contributed by atoms with Gasteiger partial charge in [0.25, 0.3) is 0 Å². The van der Waals surface area contributed by atoms with Crippen molar-refractivity contribution in [2.24, 2.45) is 16.7 Å². The van der Waals surface area contributed by atoms with E-state index in [2.05, 4.69) is 45.6 Å². The number of hydrogen-bond donors (Lipinski definition) is 0. The van der Waals surface area contributed by atoms with Crippen molar-refractivity contribution in [2.45, 2.75) is 66.7 Å². The van der Waals surface area contributed by atoms with E-state index in [0.29, 0.717) is 5.91 Å². The van der Waals surface area contributed by atoms with Crippen LogP contribution in [0.1, 0.15) is 64.3 Å². The van der Waals surface area contributed by atoms with Crippen LogP contribution in [0.15, 0.2) is 6.07 Å². The summed E-state index contributed by atoms with van der Waals surface area (Å²) < 4.78 is 0. The average molecular weight is 320 g/mol. The second-order valence-electron chi connectivity index (χ2n) is 8.11. The van der Waals surface area contributed by atoms with Gasteiger partial charge in [-0.05, 0) is 54.6 Å². The highest BCUT2D eigenvalue weighted by atomic mass is 32.1. The highest BCUT2D eigenvalue weighted by Gasteiger charge is 2.68. The van der Waals surface area contributed by atoms with Crippen molar-refractivity contribution >= 4 is 22.2 Å². The van der Waals surface area contributed by atoms with E-state index in [1.54, 1.807) is 0 Å². The maximum absolute atomic E-state index is 13.2. The quantitative estimate of drug-likeness (QED) is 0.760. The number of aryl methyl sites for hydroxylation is 2. The van der Waals surface area contributed by atoms with Gasteiger partial charge in [-0.1, -0.05) is 34.6 Å². The number of fused-ring (bicyclic) bond motifs is 1. The standard InChI is InChI=1S/C19H29NOS/c1-6-11-20(17(21)16-18(2,3)19(16,4)5)15-12-13-9-7-8-10-14(13)22-15/h12,16H,6-11H2,1-5H3. The van der Waals surface area contributed by atoms with Gasteiger partial charge in [0.05, 0.1) is 5.00 Å². The van der Waals surface area contributed by atoms with Crippen LogP contribution in [0, 0.1) is 16.7 Å². The molecule has 1 amide bonds. The van der Waals surface area contributed by atoms with Gasteiger partial charge in [0.15, 0.2) is 0 Å². The van der Waals surface area contributed by atoms with E-state index in [4.69, 9.17) is 0 Å². The number of nitrogens with zero attached hydrogens (tertiary/aromatic N) is 1. The number of hydrogen-bond acceptors (Lipinski definition) is 2. The second-order valence-corrected chi connectivity index (χ2v) is 9.22. The fraction of sp³-hybridized carbons (Fsp3) is 0.737. The molecule has 1 saturated carbocycles. The molecule has 0 aromatic carbocycles. The van der Waals surface area contributed by atoms with Crippen LogP contribution in [0.5, 0.6) is 0 Å². The van der Waals surface area contributed by atoms with Gasteiger partial charge < -0.3 is 4.90 Å². The minimum absolute atomic E-state index is 0.118. The van der Waals surface area contributed by atoms with E-state index in [-0.39, 0.29) is 16.7 Å². The Kier molecular flexibility index (Phi) is 3.91. The minimum Gasteiger partial charge on any atom is -0.304 e. The van der Waals surface area contributed by atoms with Gasteiger partial charge in [-0.25, -0.2) is 0 Å². The second kappa shape index (κ2) is 5.36. The van der Waals surface area contributed by atoms with Gasteiger partial charge in [-0.2, -0.15) is 0 Å². The van der Waals surface area contributed by atoms with Gasteiger partial charge in [0.2, 0.25) is 5.91 Å². The first-order valence-corrected chi connectivity index (χ1v) is 9.55. The Labute approximate surface area is 138 Å². The molecule has 0 atom stereocenters. The Morgan fingerprint density at radius 1 is 1.23 bits per heavy atom. The molecule has 1 aromatic heterocycles. The first-order chi connectivity index (χ1) is 10.3. The van der Waals surface area contributed by atoms with Crippen molar-refractivity contribution in [3.63, 3.8) is 0 Å². The molecule has 0 radical (unpaired) electrons. The number of carbonyl (C=O) groups excluding carboxylic acids is 1. The van der Waals surface area contributed by atoms with Gasteiger partial charge in [-0.3, -0.25) is 4.79 Å². The molecular weight excluding hydrogens is 290 g/mol. The Bertz CT molecular complexity index is 547. The Morgan fingerprint density at radius 3 is 2.41 bits per heavy atom. The zero-order chi connectivity index (χ0) is 16.1. The van der Waals surface area contributed by atoms with E-state index < -0.39 is 0 Å². The van der Waals surface area contributed by atoms with Crippen LogP contribution < -0.4 is 4.90 Å². The molecule has 0 bridgehead atoms. The Balaban J connectivity index is 1.87. The molecule has 2 nitrogen and oxygen atoms in total. The van der Waals surface area contributed by atoms with Crippen molar-refractivity contribution in [3.05, 3.63) is 16.5 Å². The third kappa shape index (κ3) is 2.33. The SMILES string of the molecule is CCCN(C(=O)C1C(C)(C)C1(C)C)c1cc2c(s1)CCCC2. The summed E-state index contributed by atoms with van der Waals surface area (Å²) in [5.74, 6) is 0.501. The highest BCUT2D eigenvalue weighted by Crippen LogP contribution is 2.69. The summed E-state index contributed by atoms with van der Waals surface area (Å²) in [5, 5.41) is 1.19. The lowest BCUT2D eigenvalue weighted by molar-refractivity contribution is -0.120. The molecule has 2 aliphatic carbocycles. The van der Waals surface area contributed by atoms with E-state index in [9.17, 15) is 4.79 Å². The molecule has 122 valence electrons. The van der Waals surface area contributed by atoms with Crippen molar-refractivity contribution in [1.29, 1.82) is 0 Å². The maximum Gasteiger partial charge on any atom is 0.231 e. The summed E-state index contributed by atoms with van der Waals surface area (Å²) in [6.45, 7) is 12.0. The zero-order valence-electron chi connectivity index (χ0n) is 14.7. The van der Waals surface area contributed by atoms with Crippen LogP contribution in [0.3, 0.4) is 0 Å². The summed E-state index contributed by atoms with van der Waals surface area (Å²) >= 11 is 1.86. The zero-order valence-corrected chi connectivity index (χ0v) is 15.5. The molecule has 1 heterocycles. The normalized spacial score (nSPS) is 22.2. The van der Waals surface area contributed by atoms with Crippen LogP contribution in [0.4, 0.5) is 5.00 Å². The van der Waals surface area contributed by atoms with Gasteiger partial charge in [-0.15, -0.1) is 11.3 Å². The predicted molar refractivity (Wildman–Crippen MR) is 94.7 cm³/mol. The monoisotopic (exact) mass is 319 g/mol. The third-order valence-corrected chi connectivity index (χ3v) is 7.49. The van der Waals surface area contributed by atoms with Crippen LogP contribution in [0.2, 0.25) is 0 Å².